The van der Waals surface area contributed by atoms with Crippen LogP contribution in [0, 0.1) is 50.2 Å². The van der Waals surface area contributed by atoms with Crippen molar-refractivity contribution in [2.24, 2.45) is 50.2 Å². The van der Waals surface area contributed by atoms with Crippen molar-refractivity contribution in [2.75, 3.05) is 20.3 Å². The number of carbonyl (C=O) groups is 3. The van der Waals surface area contributed by atoms with Crippen molar-refractivity contribution < 1.29 is 71.2 Å². The topological polar surface area (TPSA) is 162 Å². The molecule has 9 aliphatic rings. The third-order valence-corrected chi connectivity index (χ3v) is 23.4. The lowest BCUT2D eigenvalue weighted by Gasteiger charge is -2.70. The molecule has 4 aromatic rings. The Morgan fingerprint density at radius 3 is 1.65 bits per heavy atom. The molecular weight excluding hydrogens is 1120 g/mol. The van der Waals surface area contributed by atoms with Crippen LogP contribution in [-0.2, 0) is 84.4 Å². The summed E-state index contributed by atoms with van der Waals surface area (Å²) in [5, 5.41) is 0. The summed E-state index contributed by atoms with van der Waals surface area (Å²) in [6.07, 6.45) is -1.49. The number of hydrogen-bond donors (Lipinski definition) is 0. The first kappa shape index (κ1) is 61.7. The zero-order chi connectivity index (χ0) is 61.4. The molecule has 0 unspecified atom stereocenters. The van der Waals surface area contributed by atoms with Crippen LogP contribution in [0.1, 0.15) is 148 Å². The minimum Gasteiger partial charge on any atom is -0.469 e. The van der Waals surface area contributed by atoms with E-state index in [0.29, 0.717) is 12.8 Å². The van der Waals surface area contributed by atoms with Gasteiger partial charge in [0.15, 0.2) is 37.0 Å². The molecule has 21 atom stereocenters. The van der Waals surface area contributed by atoms with Crippen LogP contribution in [0.25, 0.3) is 0 Å². The van der Waals surface area contributed by atoms with Gasteiger partial charge in [-0.15, -0.1) is 0 Å². The van der Waals surface area contributed by atoms with Gasteiger partial charge in [0.1, 0.15) is 42.7 Å². The molecule has 0 aromatic heterocycles. The van der Waals surface area contributed by atoms with Crippen LogP contribution in [0.5, 0.6) is 0 Å². The zero-order valence-corrected chi connectivity index (χ0v) is 52.7. The van der Waals surface area contributed by atoms with Gasteiger partial charge >= 0.3 is 11.9 Å². The Bertz CT molecular complexity index is 3160. The number of methoxy groups -OCH3 is 1. The molecule has 472 valence electrons. The van der Waals surface area contributed by atoms with Crippen LogP contribution in [0.15, 0.2) is 133 Å². The highest BCUT2D eigenvalue weighted by Gasteiger charge is 2.71. The highest BCUT2D eigenvalue weighted by Crippen LogP contribution is 2.75. The molecule has 4 heterocycles. The Hall–Kier alpha value is -5.17. The van der Waals surface area contributed by atoms with Crippen molar-refractivity contribution in [3.05, 3.63) is 155 Å². The van der Waals surface area contributed by atoms with E-state index in [1.54, 1.807) is 0 Å². The van der Waals surface area contributed by atoms with E-state index in [1.807, 2.05) is 121 Å². The Morgan fingerprint density at radius 1 is 0.580 bits per heavy atom. The summed E-state index contributed by atoms with van der Waals surface area (Å²) < 4.78 is 82.1. The lowest BCUT2D eigenvalue weighted by atomic mass is 9.33. The van der Waals surface area contributed by atoms with Crippen molar-refractivity contribution in [2.45, 2.75) is 206 Å². The smallest absolute Gasteiger partial charge is 0.311 e. The minimum atomic E-state index is -1.29. The van der Waals surface area contributed by atoms with Crippen LogP contribution in [0.3, 0.4) is 0 Å². The van der Waals surface area contributed by atoms with Crippen molar-refractivity contribution in [1.82, 2.24) is 0 Å². The fraction of sp³-hybridized carbons (Fsp3) is 0.603. The summed E-state index contributed by atoms with van der Waals surface area (Å²) >= 11 is 0. The van der Waals surface area contributed by atoms with E-state index >= 15 is 4.79 Å². The molecule has 13 rings (SSSR count). The molecule has 0 spiro atoms. The normalized spacial score (nSPS) is 41.7. The maximum absolute atomic E-state index is 15.6. The predicted molar refractivity (Wildman–Crippen MR) is 324 cm³/mol. The second kappa shape index (κ2) is 24.1. The highest BCUT2D eigenvalue weighted by molar-refractivity contribution is 5.95. The quantitative estimate of drug-likeness (QED) is 0.0865. The molecule has 0 amide bonds. The number of fused-ring (bicyclic) bond motifs is 9. The van der Waals surface area contributed by atoms with Crippen molar-refractivity contribution in [3.8, 4) is 0 Å². The Labute approximate surface area is 519 Å². The van der Waals surface area contributed by atoms with Crippen LogP contribution in [-0.4, -0.2) is 106 Å². The van der Waals surface area contributed by atoms with E-state index in [2.05, 4.69) is 54.5 Å². The standard InChI is InChI=1S/C73H90O15/c1-44(74)82-60-58(78-40-45-22-14-10-15-23-45)56-53(43-81-63(86-56)47-26-18-12-19-27-47)84-66(60)88-61-59(79-41-46-24-16-11-17-25-46)57-52(42-80-64(87-57)48-28-20-13-21-29-48)83-65(61)85-55-31-32-71(6)54(68(55,2)3)30-33-73(8)62(71)51(75)38-49-50-39-70(5,67(76)77-9)35-34-69(50,4)36-37-72(49,73)7/h10-29,38,50,52-66H,30-37,39-43H2,1-9H3/t50-,52+,53+,54-,55-,56+,57+,58-,59-,60+,61+,62+,63+,64+,65-,66-,69+,70-,71-,72+,73+/m0/s1. The summed E-state index contributed by atoms with van der Waals surface area (Å²) in [5.41, 5.74) is 2.76. The van der Waals surface area contributed by atoms with Gasteiger partial charge in [0.2, 0.25) is 0 Å². The van der Waals surface area contributed by atoms with Gasteiger partial charge in [-0.2, -0.15) is 0 Å². The summed E-state index contributed by atoms with van der Waals surface area (Å²) in [6, 6.07) is 39.3. The number of ether oxygens (including phenoxy) is 12. The number of ketones is 1. The monoisotopic (exact) mass is 1210 g/mol. The van der Waals surface area contributed by atoms with Crippen molar-refractivity contribution in [3.63, 3.8) is 0 Å². The van der Waals surface area contributed by atoms with Crippen LogP contribution < -0.4 is 0 Å². The van der Waals surface area contributed by atoms with Gasteiger partial charge in [0, 0.05) is 24.0 Å². The molecule has 0 bridgehead atoms. The third-order valence-electron chi connectivity index (χ3n) is 23.4. The molecule has 8 fully saturated rings. The summed E-state index contributed by atoms with van der Waals surface area (Å²) in [4.78, 5) is 42.6. The van der Waals surface area contributed by atoms with E-state index < -0.39 is 90.8 Å². The fourth-order valence-electron chi connectivity index (χ4n) is 18.4. The molecule has 88 heavy (non-hydrogen) atoms. The molecule has 4 saturated heterocycles. The molecule has 4 aromatic carbocycles. The molecule has 15 heteroatoms. The molecule has 5 aliphatic carbocycles. The lowest BCUT2D eigenvalue weighted by Crippen LogP contribution is -2.69. The molecule has 4 saturated carbocycles. The minimum absolute atomic E-state index is 0.00429. The number of esters is 2. The number of hydrogen-bond acceptors (Lipinski definition) is 15. The van der Waals surface area contributed by atoms with E-state index in [1.165, 1.54) is 19.6 Å². The van der Waals surface area contributed by atoms with Gasteiger partial charge < -0.3 is 56.8 Å². The largest absolute Gasteiger partial charge is 0.469 e. The van der Waals surface area contributed by atoms with Gasteiger partial charge in [-0.05, 0) is 121 Å². The van der Waals surface area contributed by atoms with Crippen LogP contribution >= 0.6 is 0 Å². The molecule has 4 aliphatic heterocycles. The highest BCUT2D eigenvalue weighted by atomic mass is 16.8. The molecule has 0 radical (unpaired) electrons. The number of carbonyl (C=O) groups excluding carboxylic acids is 3. The molecule has 15 nitrogen and oxygen atoms in total. The lowest BCUT2D eigenvalue weighted by molar-refractivity contribution is -0.416. The molecular formula is C73H90O15. The summed E-state index contributed by atoms with van der Waals surface area (Å²) in [5.74, 6) is -0.523. The van der Waals surface area contributed by atoms with E-state index in [9.17, 15) is 9.59 Å². The predicted octanol–water partition coefficient (Wildman–Crippen LogP) is 12.7. The second-order valence-corrected chi connectivity index (χ2v) is 28.9. The first-order valence-electron chi connectivity index (χ1n) is 32.3. The maximum Gasteiger partial charge on any atom is 0.311 e. The zero-order valence-electron chi connectivity index (χ0n) is 52.7. The van der Waals surface area contributed by atoms with Gasteiger partial charge in [-0.3, -0.25) is 14.4 Å². The van der Waals surface area contributed by atoms with Crippen molar-refractivity contribution in [1.29, 1.82) is 0 Å². The van der Waals surface area contributed by atoms with Crippen LogP contribution in [0.2, 0.25) is 0 Å². The van der Waals surface area contributed by atoms with Gasteiger partial charge in [-0.25, -0.2) is 0 Å². The number of allylic oxidation sites excluding steroid dienone is 2. The van der Waals surface area contributed by atoms with E-state index in [0.717, 1.165) is 67.2 Å². The average Bonchev–Trinajstić information content (AvgIpc) is 0.676. The van der Waals surface area contributed by atoms with Gasteiger partial charge in [0.25, 0.3) is 0 Å². The maximum atomic E-state index is 15.6. The van der Waals surface area contributed by atoms with E-state index in [4.69, 9.17) is 56.8 Å². The Morgan fingerprint density at radius 2 is 1.10 bits per heavy atom. The fourth-order valence-corrected chi connectivity index (χ4v) is 18.4. The number of rotatable bonds is 14. The molecule has 0 N–H and O–H groups in total. The summed E-state index contributed by atoms with van der Waals surface area (Å²) in [6.45, 7) is 18.4. The first-order valence-corrected chi connectivity index (χ1v) is 32.3. The Balaban J connectivity index is 0.846. The Kier molecular flexibility index (Phi) is 16.9. The summed E-state index contributed by atoms with van der Waals surface area (Å²) in [7, 11) is 1.50. The van der Waals surface area contributed by atoms with Gasteiger partial charge in [0.05, 0.1) is 45.1 Å². The average molecular weight is 1210 g/mol. The third kappa shape index (κ3) is 11.0. The van der Waals surface area contributed by atoms with Crippen LogP contribution in [0.4, 0.5) is 0 Å². The first-order chi connectivity index (χ1) is 42.2. The van der Waals surface area contributed by atoms with E-state index in [-0.39, 0.29) is 83.7 Å². The second-order valence-electron chi connectivity index (χ2n) is 28.9. The van der Waals surface area contributed by atoms with Crippen molar-refractivity contribution >= 4 is 17.7 Å². The SMILES string of the molecule is COC(=O)[C@@]1(C)CC[C@]2(C)CC[C@]3(C)C(=CC(=O)[C@@H]4[C@@]5(C)CC[C@H](O[C@@H]6O[C@@H]7CO[C@@H](c8ccccc8)O[C@H]7[C@H](OCc7ccccc7)[C@H]6O[C@@H]6O[C@@H]7CO[C@@H](c8ccccc8)O[C@H]7[C@H](OCc7ccccc7)[C@H]6OC(C)=O)C(C)(C)[C@@H]5CC[C@]43C)[C@@H]2C1. The number of benzene rings is 4. The van der Waals surface area contributed by atoms with Gasteiger partial charge in [-0.1, -0.05) is 168 Å².